The zero-order valence-corrected chi connectivity index (χ0v) is 11.1. The Hall–Kier alpha value is -1.46. The minimum atomic E-state index is -0.322. The molecule has 2 N–H and O–H groups in total. The monoisotopic (exact) mass is 310 g/mol. The van der Waals surface area contributed by atoms with Crippen LogP contribution in [0.4, 0.5) is 10.1 Å². The Morgan fingerprint density at radius 3 is 2.83 bits per heavy atom. The van der Waals surface area contributed by atoms with Crippen LogP contribution in [0.2, 0.25) is 0 Å². The molecule has 18 heavy (non-hydrogen) atoms. The van der Waals surface area contributed by atoms with Gasteiger partial charge in [-0.3, -0.25) is 4.98 Å². The Labute approximate surface area is 113 Å². The van der Waals surface area contributed by atoms with Gasteiger partial charge < -0.3 is 10.4 Å². The minimum absolute atomic E-state index is 0.103. The first-order valence-electron chi connectivity index (χ1n) is 5.42. The van der Waals surface area contributed by atoms with Gasteiger partial charge in [-0.05, 0) is 45.8 Å². The third-order valence-electron chi connectivity index (χ3n) is 2.48. The summed E-state index contributed by atoms with van der Waals surface area (Å²) >= 11 is 3.32. The summed E-state index contributed by atoms with van der Waals surface area (Å²) < 4.78 is 13.9. The van der Waals surface area contributed by atoms with Crippen LogP contribution in [-0.4, -0.2) is 16.7 Å². The van der Waals surface area contributed by atoms with E-state index in [4.69, 9.17) is 0 Å². The van der Waals surface area contributed by atoms with Crippen molar-refractivity contribution in [1.82, 2.24) is 4.98 Å². The molecule has 1 aromatic carbocycles. The highest BCUT2D eigenvalue weighted by atomic mass is 79.9. The zero-order valence-electron chi connectivity index (χ0n) is 9.48. The Balaban J connectivity index is 2.19. The number of nitrogens with zero attached hydrogens (tertiary/aromatic N) is 1. The van der Waals surface area contributed by atoms with Gasteiger partial charge in [0.25, 0.3) is 0 Å². The normalized spacial score (nSPS) is 12.2. The second-order valence-corrected chi connectivity index (χ2v) is 4.74. The number of anilines is 1. The van der Waals surface area contributed by atoms with Gasteiger partial charge in [-0.2, -0.15) is 0 Å². The number of rotatable bonds is 4. The van der Waals surface area contributed by atoms with E-state index in [0.29, 0.717) is 5.69 Å². The van der Waals surface area contributed by atoms with Crippen LogP contribution < -0.4 is 5.32 Å². The van der Waals surface area contributed by atoms with E-state index in [-0.39, 0.29) is 18.5 Å². The first-order chi connectivity index (χ1) is 8.69. The highest BCUT2D eigenvalue weighted by molar-refractivity contribution is 9.10. The van der Waals surface area contributed by atoms with Crippen molar-refractivity contribution in [3.05, 3.63) is 58.6 Å². The molecule has 5 heteroatoms. The highest BCUT2D eigenvalue weighted by Crippen LogP contribution is 2.21. The van der Waals surface area contributed by atoms with E-state index in [9.17, 15) is 9.50 Å². The minimum Gasteiger partial charge on any atom is -0.394 e. The van der Waals surface area contributed by atoms with Crippen LogP contribution >= 0.6 is 15.9 Å². The maximum Gasteiger partial charge on any atom is 0.125 e. The molecular weight excluding hydrogens is 299 g/mol. The lowest BCUT2D eigenvalue weighted by atomic mass is 10.1. The number of benzene rings is 1. The first kappa shape index (κ1) is 13.0. The number of aliphatic hydroxyl groups is 1. The second kappa shape index (κ2) is 5.93. The van der Waals surface area contributed by atoms with Crippen molar-refractivity contribution in [3.63, 3.8) is 0 Å². The fraction of sp³-hybridized carbons (Fsp3) is 0.154. The summed E-state index contributed by atoms with van der Waals surface area (Å²) in [5.41, 5.74) is 1.45. The largest absolute Gasteiger partial charge is 0.394 e. The summed E-state index contributed by atoms with van der Waals surface area (Å²) in [5, 5.41) is 12.5. The summed E-state index contributed by atoms with van der Waals surface area (Å²) in [5.74, 6) is -0.316. The molecule has 2 aromatic rings. The standard InChI is InChI=1S/C13H12BrFN2O/c14-10-4-9(6-16-7-10)13(8-18)17-12-3-1-2-11(15)5-12/h1-7,13,17-18H,8H2. The lowest BCUT2D eigenvalue weighted by Gasteiger charge is -2.17. The Bertz CT molecular complexity index is 536. The SMILES string of the molecule is OCC(Nc1cccc(F)c1)c1cncc(Br)c1. The number of hydrogen-bond donors (Lipinski definition) is 2. The quantitative estimate of drug-likeness (QED) is 0.912. The van der Waals surface area contributed by atoms with E-state index in [0.717, 1.165) is 10.0 Å². The second-order valence-electron chi connectivity index (χ2n) is 3.83. The van der Waals surface area contributed by atoms with Gasteiger partial charge in [0.15, 0.2) is 0 Å². The number of halogens is 2. The first-order valence-corrected chi connectivity index (χ1v) is 6.22. The van der Waals surface area contributed by atoms with Gasteiger partial charge in [-0.1, -0.05) is 6.07 Å². The van der Waals surface area contributed by atoms with Gasteiger partial charge in [0, 0.05) is 22.6 Å². The topological polar surface area (TPSA) is 45.1 Å². The summed E-state index contributed by atoms with van der Waals surface area (Å²) in [6.45, 7) is -0.103. The average molecular weight is 311 g/mol. The smallest absolute Gasteiger partial charge is 0.125 e. The molecule has 0 spiro atoms. The molecule has 1 atom stereocenters. The molecule has 0 saturated carbocycles. The van der Waals surface area contributed by atoms with Crippen molar-refractivity contribution in [2.24, 2.45) is 0 Å². The lowest BCUT2D eigenvalue weighted by molar-refractivity contribution is 0.276. The molecule has 2 rings (SSSR count). The summed E-state index contributed by atoms with van der Waals surface area (Å²) in [4.78, 5) is 4.04. The fourth-order valence-electron chi connectivity index (χ4n) is 1.63. The van der Waals surface area contributed by atoms with Crippen molar-refractivity contribution in [1.29, 1.82) is 0 Å². The Kier molecular flexibility index (Phi) is 4.28. The van der Waals surface area contributed by atoms with Gasteiger partial charge in [0.1, 0.15) is 5.82 Å². The van der Waals surface area contributed by atoms with E-state index in [1.54, 1.807) is 24.5 Å². The third kappa shape index (κ3) is 3.27. The number of nitrogens with one attached hydrogen (secondary N) is 1. The molecule has 1 aromatic heterocycles. The molecule has 3 nitrogen and oxygen atoms in total. The molecule has 0 aliphatic rings. The average Bonchev–Trinajstić information content (AvgIpc) is 2.36. The molecule has 0 bridgehead atoms. The number of pyridine rings is 1. The lowest BCUT2D eigenvalue weighted by Crippen LogP contribution is -2.15. The summed E-state index contributed by atoms with van der Waals surface area (Å²) in [6, 6.07) is 7.66. The maximum absolute atomic E-state index is 13.1. The van der Waals surface area contributed by atoms with Gasteiger partial charge in [0.2, 0.25) is 0 Å². The molecule has 0 radical (unpaired) electrons. The highest BCUT2D eigenvalue weighted by Gasteiger charge is 2.11. The Morgan fingerprint density at radius 2 is 2.17 bits per heavy atom. The summed E-state index contributed by atoms with van der Waals surface area (Å²) in [6.07, 6.45) is 3.33. The number of aliphatic hydroxyl groups excluding tert-OH is 1. The van der Waals surface area contributed by atoms with Gasteiger partial charge in [-0.25, -0.2) is 4.39 Å². The molecule has 0 fully saturated rings. The fourth-order valence-corrected chi connectivity index (χ4v) is 2.02. The van der Waals surface area contributed by atoms with Crippen LogP contribution in [0.3, 0.4) is 0 Å². The Morgan fingerprint density at radius 1 is 1.33 bits per heavy atom. The van der Waals surface area contributed by atoms with Crippen molar-refractivity contribution < 1.29 is 9.50 Å². The summed E-state index contributed by atoms with van der Waals surface area (Å²) in [7, 11) is 0. The van der Waals surface area contributed by atoms with E-state index in [2.05, 4.69) is 26.2 Å². The molecule has 0 aliphatic heterocycles. The molecule has 94 valence electrons. The van der Waals surface area contributed by atoms with Crippen LogP contribution in [0.5, 0.6) is 0 Å². The predicted octanol–water partition coefficient (Wildman–Crippen LogP) is 3.13. The molecule has 0 amide bonds. The van der Waals surface area contributed by atoms with Crippen molar-refractivity contribution in [2.45, 2.75) is 6.04 Å². The predicted molar refractivity (Wildman–Crippen MR) is 71.8 cm³/mol. The maximum atomic E-state index is 13.1. The van der Waals surface area contributed by atoms with Crippen molar-refractivity contribution >= 4 is 21.6 Å². The van der Waals surface area contributed by atoms with Gasteiger partial charge in [0.05, 0.1) is 12.6 Å². The van der Waals surface area contributed by atoms with Crippen LogP contribution in [0, 0.1) is 5.82 Å². The molecule has 1 unspecified atom stereocenters. The van der Waals surface area contributed by atoms with Crippen molar-refractivity contribution in [3.8, 4) is 0 Å². The van der Waals surface area contributed by atoms with E-state index < -0.39 is 0 Å². The van der Waals surface area contributed by atoms with E-state index >= 15 is 0 Å². The van der Waals surface area contributed by atoms with E-state index in [1.807, 2.05) is 6.07 Å². The molecule has 0 saturated heterocycles. The van der Waals surface area contributed by atoms with Crippen LogP contribution in [-0.2, 0) is 0 Å². The van der Waals surface area contributed by atoms with Crippen LogP contribution in [0.15, 0.2) is 47.2 Å². The zero-order chi connectivity index (χ0) is 13.0. The van der Waals surface area contributed by atoms with Crippen LogP contribution in [0.25, 0.3) is 0 Å². The molecule has 0 aliphatic carbocycles. The van der Waals surface area contributed by atoms with Gasteiger partial charge in [-0.15, -0.1) is 0 Å². The van der Waals surface area contributed by atoms with Gasteiger partial charge >= 0.3 is 0 Å². The van der Waals surface area contributed by atoms with E-state index in [1.165, 1.54) is 12.1 Å². The number of hydrogen-bond acceptors (Lipinski definition) is 3. The van der Waals surface area contributed by atoms with Crippen LogP contribution in [0.1, 0.15) is 11.6 Å². The number of aromatic nitrogens is 1. The molecular formula is C13H12BrFN2O. The third-order valence-corrected chi connectivity index (χ3v) is 2.91. The van der Waals surface area contributed by atoms with Crippen molar-refractivity contribution in [2.75, 3.05) is 11.9 Å². The molecule has 1 heterocycles.